The van der Waals surface area contributed by atoms with Crippen LogP contribution in [0.1, 0.15) is 28.0 Å². The molecule has 1 fully saturated rings. The van der Waals surface area contributed by atoms with Gasteiger partial charge in [0, 0.05) is 37.9 Å². The van der Waals surface area contributed by atoms with Crippen LogP contribution in [0.3, 0.4) is 0 Å². The van der Waals surface area contributed by atoms with Crippen molar-refractivity contribution in [3.63, 3.8) is 0 Å². The normalized spacial score (nSPS) is 14.9. The largest absolute Gasteiger partial charge is 0.337 e. The molecule has 1 aromatic carbocycles. The smallest absolute Gasteiger partial charge is 0.272 e. The second kappa shape index (κ2) is 8.18. The molecule has 0 saturated carbocycles. The molecule has 29 heavy (non-hydrogen) atoms. The van der Waals surface area contributed by atoms with Gasteiger partial charge in [0.15, 0.2) is 0 Å². The predicted molar refractivity (Wildman–Crippen MR) is 111 cm³/mol. The van der Waals surface area contributed by atoms with Gasteiger partial charge in [0.25, 0.3) is 11.5 Å². The number of benzene rings is 1. The lowest BCUT2D eigenvalue weighted by molar-refractivity contribution is 0.0761. The Morgan fingerprint density at radius 1 is 1.17 bits per heavy atom. The van der Waals surface area contributed by atoms with E-state index >= 15 is 0 Å². The number of hydrogen-bond acceptors (Lipinski definition) is 3. The summed E-state index contributed by atoms with van der Waals surface area (Å²) in [4.78, 5) is 29.2. The van der Waals surface area contributed by atoms with Crippen molar-refractivity contribution >= 4 is 34.6 Å². The minimum atomic E-state index is -0.551. The second-order valence-electron chi connectivity index (χ2n) is 7.00. The van der Waals surface area contributed by atoms with Crippen LogP contribution in [0.5, 0.6) is 0 Å². The molecule has 0 atom stereocenters. The Balaban J connectivity index is 1.68. The van der Waals surface area contributed by atoms with Crippen LogP contribution in [0.4, 0.5) is 4.39 Å². The highest BCUT2D eigenvalue weighted by atomic mass is 35.5. The molecule has 1 saturated heterocycles. The summed E-state index contributed by atoms with van der Waals surface area (Å²) in [5, 5.41) is 3.74. The summed E-state index contributed by atoms with van der Waals surface area (Å²) >= 11 is 12.3. The Morgan fingerprint density at radius 2 is 2.00 bits per heavy atom. The Hall–Kier alpha value is -2.35. The summed E-state index contributed by atoms with van der Waals surface area (Å²) in [6, 6.07) is 5.98. The molecular weight excluding hydrogens is 418 g/mol. The van der Waals surface area contributed by atoms with Crippen LogP contribution in [0.15, 0.2) is 35.3 Å². The number of nitrogens with one attached hydrogen (secondary N) is 2. The van der Waals surface area contributed by atoms with Crippen molar-refractivity contribution in [1.82, 2.24) is 19.6 Å². The molecule has 1 amide bonds. The lowest BCUT2D eigenvalue weighted by Crippen LogP contribution is -2.34. The second-order valence-corrected chi connectivity index (χ2v) is 7.76. The zero-order valence-electron chi connectivity index (χ0n) is 15.5. The first-order valence-corrected chi connectivity index (χ1v) is 10.1. The van der Waals surface area contributed by atoms with E-state index in [1.54, 1.807) is 27.6 Å². The number of aromatic nitrogens is 2. The first kappa shape index (κ1) is 19.9. The molecule has 1 aliphatic rings. The van der Waals surface area contributed by atoms with Gasteiger partial charge in [-0.05, 0) is 36.7 Å². The number of carbonyl (C=O) groups is 1. The van der Waals surface area contributed by atoms with Crippen molar-refractivity contribution in [2.24, 2.45) is 0 Å². The molecule has 2 aromatic heterocycles. The molecular formula is C20H19Cl2FN4O2. The summed E-state index contributed by atoms with van der Waals surface area (Å²) in [6.07, 6.45) is 2.71. The van der Waals surface area contributed by atoms with Gasteiger partial charge in [0.2, 0.25) is 0 Å². The number of H-pyrrole nitrogens is 1. The number of aromatic amines is 1. The van der Waals surface area contributed by atoms with Crippen LogP contribution < -0.4 is 10.9 Å². The van der Waals surface area contributed by atoms with Gasteiger partial charge in [0.1, 0.15) is 16.5 Å². The molecule has 1 aliphatic heterocycles. The fourth-order valence-corrected chi connectivity index (χ4v) is 4.04. The minimum Gasteiger partial charge on any atom is -0.337 e. The van der Waals surface area contributed by atoms with Gasteiger partial charge in [-0.2, -0.15) is 0 Å². The molecule has 0 bridgehead atoms. The van der Waals surface area contributed by atoms with E-state index in [2.05, 4.69) is 10.3 Å². The number of amides is 1. The fraction of sp³-hybridized carbons (Fsp3) is 0.300. The van der Waals surface area contributed by atoms with Gasteiger partial charge in [0.05, 0.1) is 10.6 Å². The summed E-state index contributed by atoms with van der Waals surface area (Å²) < 4.78 is 16.0. The molecule has 0 aliphatic carbocycles. The number of rotatable bonds is 3. The van der Waals surface area contributed by atoms with Gasteiger partial charge < -0.3 is 15.2 Å². The third-order valence-electron chi connectivity index (χ3n) is 5.06. The summed E-state index contributed by atoms with van der Waals surface area (Å²) in [7, 11) is 0. The molecule has 0 unspecified atom stereocenters. The molecule has 0 spiro atoms. The number of halogens is 3. The van der Waals surface area contributed by atoms with Crippen LogP contribution in [0.25, 0.3) is 5.52 Å². The molecule has 152 valence electrons. The lowest BCUT2D eigenvalue weighted by atomic mass is 10.0. The average molecular weight is 437 g/mol. The Labute approximate surface area is 176 Å². The quantitative estimate of drug-likeness (QED) is 0.662. The third kappa shape index (κ3) is 3.90. The lowest BCUT2D eigenvalue weighted by Gasteiger charge is -2.20. The summed E-state index contributed by atoms with van der Waals surface area (Å²) in [5.74, 6) is -0.869. The first-order chi connectivity index (χ1) is 14.0. The average Bonchev–Trinajstić information content (AvgIpc) is 2.90. The summed E-state index contributed by atoms with van der Waals surface area (Å²) in [5.41, 5.74) is 1.44. The van der Waals surface area contributed by atoms with Crippen molar-refractivity contribution in [1.29, 1.82) is 0 Å². The number of hydrogen-bond donors (Lipinski definition) is 2. The van der Waals surface area contributed by atoms with Crippen LogP contribution in [0, 0.1) is 5.82 Å². The topological polar surface area (TPSA) is 69.6 Å². The van der Waals surface area contributed by atoms with Gasteiger partial charge in [-0.15, -0.1) is 0 Å². The van der Waals surface area contributed by atoms with Crippen LogP contribution in [0.2, 0.25) is 10.2 Å². The third-order valence-corrected chi connectivity index (χ3v) is 5.82. The van der Waals surface area contributed by atoms with Crippen LogP contribution >= 0.6 is 23.2 Å². The van der Waals surface area contributed by atoms with E-state index in [-0.39, 0.29) is 27.2 Å². The van der Waals surface area contributed by atoms with E-state index in [9.17, 15) is 14.0 Å². The minimum absolute atomic E-state index is 0.0432. The van der Waals surface area contributed by atoms with Crippen molar-refractivity contribution < 1.29 is 9.18 Å². The van der Waals surface area contributed by atoms with E-state index in [0.29, 0.717) is 37.3 Å². The highest BCUT2D eigenvalue weighted by Crippen LogP contribution is 2.27. The maximum Gasteiger partial charge on any atom is 0.272 e. The monoisotopic (exact) mass is 436 g/mol. The van der Waals surface area contributed by atoms with Crippen LogP contribution in [-0.4, -0.2) is 46.4 Å². The Bertz CT molecular complexity index is 1130. The van der Waals surface area contributed by atoms with E-state index in [4.69, 9.17) is 23.2 Å². The Kier molecular flexibility index (Phi) is 5.63. The molecule has 9 heteroatoms. The van der Waals surface area contributed by atoms with E-state index < -0.39 is 5.82 Å². The van der Waals surface area contributed by atoms with Gasteiger partial charge >= 0.3 is 0 Å². The molecule has 6 nitrogen and oxygen atoms in total. The van der Waals surface area contributed by atoms with E-state index in [1.165, 1.54) is 12.1 Å². The van der Waals surface area contributed by atoms with E-state index in [0.717, 1.165) is 18.5 Å². The fourth-order valence-electron chi connectivity index (χ4n) is 3.60. The molecule has 3 heterocycles. The van der Waals surface area contributed by atoms with Crippen molar-refractivity contribution in [3.05, 3.63) is 73.6 Å². The SMILES string of the molecule is O=C(c1cc(Cc2c[nH]c(=O)c3cc(Cl)c(Cl)n23)ccc1F)N1CCCNCC1. The molecule has 0 radical (unpaired) electrons. The van der Waals surface area contributed by atoms with Crippen LogP contribution in [-0.2, 0) is 6.42 Å². The van der Waals surface area contributed by atoms with Crippen molar-refractivity contribution in [2.75, 3.05) is 26.2 Å². The van der Waals surface area contributed by atoms with Gasteiger partial charge in [-0.3, -0.25) is 14.0 Å². The van der Waals surface area contributed by atoms with Gasteiger partial charge in [-0.25, -0.2) is 4.39 Å². The maximum absolute atomic E-state index is 14.4. The molecule has 2 N–H and O–H groups in total. The van der Waals surface area contributed by atoms with E-state index in [1.807, 2.05) is 0 Å². The van der Waals surface area contributed by atoms with Crippen molar-refractivity contribution in [3.8, 4) is 0 Å². The zero-order valence-corrected chi connectivity index (χ0v) is 17.0. The molecule has 4 rings (SSSR count). The number of fused-ring (bicyclic) bond motifs is 1. The standard InChI is InChI=1S/C20H19Cl2FN4O2/c21-15-10-17-19(28)25-11-13(27(17)18(15)22)8-12-2-3-16(23)14(9-12)20(29)26-6-1-4-24-5-7-26/h2-3,9-11,24H,1,4-8H2,(H,25,28). The van der Waals surface area contributed by atoms with Crippen molar-refractivity contribution in [2.45, 2.75) is 12.8 Å². The highest BCUT2D eigenvalue weighted by Gasteiger charge is 2.21. The Morgan fingerprint density at radius 3 is 2.83 bits per heavy atom. The number of carbonyl (C=O) groups excluding carboxylic acids is 1. The maximum atomic E-state index is 14.4. The first-order valence-electron chi connectivity index (χ1n) is 9.31. The number of nitrogens with zero attached hydrogens (tertiary/aromatic N) is 2. The van der Waals surface area contributed by atoms with Gasteiger partial charge in [-0.1, -0.05) is 29.3 Å². The zero-order chi connectivity index (χ0) is 20.5. The molecule has 3 aromatic rings. The highest BCUT2D eigenvalue weighted by molar-refractivity contribution is 6.42. The summed E-state index contributed by atoms with van der Waals surface area (Å²) in [6.45, 7) is 2.66. The predicted octanol–water partition coefficient (Wildman–Crippen LogP) is 3.10.